The first-order chi connectivity index (χ1) is 9.45. The summed E-state index contributed by atoms with van der Waals surface area (Å²) < 4.78 is 26.8. The molecule has 1 aliphatic rings. The molecule has 0 N–H and O–H groups in total. The van der Waals surface area contributed by atoms with Gasteiger partial charge in [0.25, 0.3) is 0 Å². The Morgan fingerprint density at radius 2 is 1.70 bits per heavy atom. The highest BCUT2D eigenvalue weighted by Crippen LogP contribution is 2.29. The number of alkyl halides is 1. The number of rotatable bonds is 4. The van der Waals surface area contributed by atoms with Crippen LogP contribution in [0.1, 0.15) is 38.2 Å². The summed E-state index contributed by atoms with van der Waals surface area (Å²) in [5.41, 5.74) is 1.08. The van der Waals surface area contributed by atoms with Gasteiger partial charge >= 0.3 is 0 Å². The molecule has 0 heterocycles. The van der Waals surface area contributed by atoms with Gasteiger partial charge in [-0.1, -0.05) is 35.0 Å². The molecule has 0 radical (unpaired) electrons. The SMILES string of the molecule is CC1CCC(N(C)S(=O)(=O)c2ccc(CBr)cc2)CC1. The summed E-state index contributed by atoms with van der Waals surface area (Å²) in [5.74, 6) is 0.723. The third kappa shape index (κ3) is 3.43. The van der Waals surface area contributed by atoms with Crippen LogP contribution in [0.3, 0.4) is 0 Å². The third-order valence-corrected chi connectivity index (χ3v) is 6.83. The van der Waals surface area contributed by atoms with E-state index in [0.717, 1.165) is 42.5 Å². The zero-order chi connectivity index (χ0) is 14.8. The average Bonchev–Trinajstić information content (AvgIpc) is 2.47. The van der Waals surface area contributed by atoms with Gasteiger partial charge in [0.05, 0.1) is 4.90 Å². The van der Waals surface area contributed by atoms with E-state index in [4.69, 9.17) is 0 Å². The van der Waals surface area contributed by atoms with E-state index in [2.05, 4.69) is 22.9 Å². The molecule has 1 saturated carbocycles. The Morgan fingerprint density at radius 1 is 1.15 bits per heavy atom. The molecule has 1 aromatic rings. The predicted molar refractivity (Wildman–Crippen MR) is 85.4 cm³/mol. The van der Waals surface area contributed by atoms with E-state index in [9.17, 15) is 8.42 Å². The van der Waals surface area contributed by atoms with Crippen molar-refractivity contribution in [1.82, 2.24) is 4.31 Å². The van der Waals surface area contributed by atoms with Crippen molar-refractivity contribution < 1.29 is 8.42 Å². The maximum Gasteiger partial charge on any atom is 0.243 e. The van der Waals surface area contributed by atoms with Crippen LogP contribution in [-0.2, 0) is 15.4 Å². The maximum absolute atomic E-state index is 12.6. The van der Waals surface area contributed by atoms with Gasteiger partial charge in [-0.15, -0.1) is 0 Å². The highest BCUT2D eigenvalue weighted by Gasteiger charge is 2.30. The van der Waals surface area contributed by atoms with Gasteiger partial charge in [-0.05, 0) is 49.3 Å². The lowest BCUT2D eigenvalue weighted by atomic mass is 9.87. The zero-order valence-corrected chi connectivity index (χ0v) is 14.5. The molecule has 0 aromatic heterocycles. The molecule has 1 fully saturated rings. The second kappa shape index (κ2) is 6.58. The van der Waals surface area contributed by atoms with E-state index in [1.807, 2.05) is 12.1 Å². The Balaban J connectivity index is 2.16. The van der Waals surface area contributed by atoms with Crippen LogP contribution in [0.4, 0.5) is 0 Å². The molecule has 3 nitrogen and oxygen atoms in total. The molecule has 2 rings (SSSR count). The van der Waals surface area contributed by atoms with E-state index in [0.29, 0.717) is 4.90 Å². The van der Waals surface area contributed by atoms with E-state index in [1.54, 1.807) is 23.5 Å². The highest BCUT2D eigenvalue weighted by molar-refractivity contribution is 9.08. The molecule has 0 aliphatic heterocycles. The molecule has 0 spiro atoms. The van der Waals surface area contributed by atoms with Crippen LogP contribution in [-0.4, -0.2) is 25.8 Å². The fourth-order valence-electron chi connectivity index (χ4n) is 2.72. The minimum absolute atomic E-state index is 0.145. The number of hydrogen-bond acceptors (Lipinski definition) is 2. The molecule has 112 valence electrons. The first kappa shape index (κ1) is 16.0. The maximum atomic E-state index is 12.6. The topological polar surface area (TPSA) is 37.4 Å². The molecular weight excluding hydrogens is 338 g/mol. The predicted octanol–water partition coefficient (Wildman–Crippen LogP) is 3.78. The van der Waals surface area contributed by atoms with E-state index >= 15 is 0 Å². The van der Waals surface area contributed by atoms with Crippen molar-refractivity contribution in [2.24, 2.45) is 5.92 Å². The largest absolute Gasteiger partial charge is 0.243 e. The van der Waals surface area contributed by atoms with Crippen molar-refractivity contribution >= 4 is 26.0 Å². The Morgan fingerprint density at radius 3 is 2.20 bits per heavy atom. The lowest BCUT2D eigenvalue weighted by molar-refractivity contribution is 0.246. The molecule has 0 amide bonds. The van der Waals surface area contributed by atoms with E-state index in [-0.39, 0.29) is 6.04 Å². The normalized spacial score (nSPS) is 24.0. The van der Waals surface area contributed by atoms with Crippen LogP contribution >= 0.6 is 15.9 Å². The Bertz CT molecular complexity index is 533. The quantitative estimate of drug-likeness (QED) is 0.767. The minimum Gasteiger partial charge on any atom is -0.207 e. The second-order valence-electron chi connectivity index (χ2n) is 5.71. The van der Waals surface area contributed by atoms with Crippen LogP contribution in [0.2, 0.25) is 0 Å². The molecule has 5 heteroatoms. The van der Waals surface area contributed by atoms with Crippen LogP contribution in [0, 0.1) is 5.92 Å². The molecule has 0 atom stereocenters. The number of benzene rings is 1. The first-order valence-electron chi connectivity index (χ1n) is 7.08. The summed E-state index contributed by atoms with van der Waals surface area (Å²) in [4.78, 5) is 0.392. The lowest BCUT2D eigenvalue weighted by Crippen LogP contribution is -2.39. The second-order valence-corrected chi connectivity index (χ2v) is 8.27. The van der Waals surface area contributed by atoms with Crippen molar-refractivity contribution in [3.05, 3.63) is 29.8 Å². The number of nitrogens with zero attached hydrogens (tertiary/aromatic N) is 1. The average molecular weight is 360 g/mol. The summed E-state index contributed by atoms with van der Waals surface area (Å²) in [6, 6.07) is 7.27. The molecule has 0 saturated heterocycles. The summed E-state index contributed by atoms with van der Waals surface area (Å²) in [7, 11) is -1.65. The summed E-state index contributed by atoms with van der Waals surface area (Å²) in [6.07, 6.45) is 4.17. The molecule has 1 aliphatic carbocycles. The summed E-state index contributed by atoms with van der Waals surface area (Å²) >= 11 is 3.37. The lowest BCUT2D eigenvalue weighted by Gasteiger charge is -2.32. The van der Waals surface area contributed by atoms with Gasteiger partial charge in [-0.3, -0.25) is 0 Å². The van der Waals surface area contributed by atoms with Crippen LogP contribution in [0.5, 0.6) is 0 Å². The van der Waals surface area contributed by atoms with E-state index < -0.39 is 10.0 Å². The standard InChI is InChI=1S/C15H22BrNO2S/c1-12-3-7-14(8-4-12)17(2)20(18,19)15-9-5-13(11-16)6-10-15/h5-6,9-10,12,14H,3-4,7-8,11H2,1-2H3. The Hall–Kier alpha value is -0.390. The monoisotopic (exact) mass is 359 g/mol. The minimum atomic E-state index is -3.36. The molecule has 1 aromatic carbocycles. The molecule has 20 heavy (non-hydrogen) atoms. The van der Waals surface area contributed by atoms with E-state index in [1.165, 1.54) is 0 Å². The summed E-state index contributed by atoms with van der Waals surface area (Å²) in [5, 5.41) is 0.740. The zero-order valence-electron chi connectivity index (χ0n) is 12.0. The Labute approximate surface area is 130 Å². The first-order valence-corrected chi connectivity index (χ1v) is 9.64. The van der Waals surface area contributed by atoms with Gasteiger partial charge in [0.15, 0.2) is 0 Å². The van der Waals surface area contributed by atoms with Gasteiger partial charge in [0.2, 0.25) is 10.0 Å². The summed E-state index contributed by atoms with van der Waals surface area (Å²) in [6.45, 7) is 2.24. The van der Waals surface area contributed by atoms with Gasteiger partial charge < -0.3 is 0 Å². The van der Waals surface area contributed by atoms with Gasteiger partial charge in [0, 0.05) is 18.4 Å². The van der Waals surface area contributed by atoms with Gasteiger partial charge in [0.1, 0.15) is 0 Å². The van der Waals surface area contributed by atoms with Crippen LogP contribution in [0.15, 0.2) is 29.2 Å². The van der Waals surface area contributed by atoms with Gasteiger partial charge in [-0.2, -0.15) is 4.31 Å². The fraction of sp³-hybridized carbons (Fsp3) is 0.600. The fourth-order valence-corrected chi connectivity index (χ4v) is 4.51. The molecule has 0 bridgehead atoms. The third-order valence-electron chi connectivity index (χ3n) is 4.25. The van der Waals surface area contributed by atoms with Crippen LogP contribution in [0.25, 0.3) is 0 Å². The molecular formula is C15H22BrNO2S. The highest BCUT2D eigenvalue weighted by atomic mass is 79.9. The van der Waals surface area contributed by atoms with Crippen molar-refractivity contribution in [2.75, 3.05) is 7.05 Å². The van der Waals surface area contributed by atoms with Crippen molar-refractivity contribution in [2.45, 2.75) is 48.9 Å². The van der Waals surface area contributed by atoms with Crippen molar-refractivity contribution in [3.63, 3.8) is 0 Å². The Kier molecular flexibility index (Phi) is 5.26. The van der Waals surface area contributed by atoms with Gasteiger partial charge in [-0.25, -0.2) is 8.42 Å². The van der Waals surface area contributed by atoms with Crippen molar-refractivity contribution in [1.29, 1.82) is 0 Å². The smallest absolute Gasteiger partial charge is 0.207 e. The number of halogens is 1. The number of sulfonamides is 1. The van der Waals surface area contributed by atoms with Crippen LogP contribution < -0.4 is 0 Å². The molecule has 0 unspecified atom stereocenters. The number of hydrogen-bond donors (Lipinski definition) is 0. The van der Waals surface area contributed by atoms with Crippen molar-refractivity contribution in [3.8, 4) is 0 Å².